The Bertz CT molecular complexity index is 772. The van der Waals surface area contributed by atoms with E-state index in [4.69, 9.17) is 0 Å². The Balaban J connectivity index is 1.94. The van der Waals surface area contributed by atoms with Crippen LogP contribution in [-0.4, -0.2) is 42.0 Å². The molecule has 0 bridgehead atoms. The molecule has 1 amide bonds. The van der Waals surface area contributed by atoms with Gasteiger partial charge < -0.3 is 15.2 Å². The summed E-state index contributed by atoms with van der Waals surface area (Å²) in [6.07, 6.45) is 2.05. The molecule has 5 nitrogen and oxygen atoms in total. The lowest BCUT2D eigenvalue weighted by Crippen LogP contribution is -2.47. The predicted molar refractivity (Wildman–Crippen MR) is 90.3 cm³/mol. The van der Waals surface area contributed by atoms with Crippen molar-refractivity contribution in [1.29, 1.82) is 0 Å². The number of aromatic nitrogens is 1. The van der Waals surface area contributed by atoms with Crippen molar-refractivity contribution in [2.24, 2.45) is 0 Å². The van der Waals surface area contributed by atoms with Gasteiger partial charge in [0.25, 0.3) is 5.91 Å². The van der Waals surface area contributed by atoms with Crippen LogP contribution in [0.15, 0.2) is 33.5 Å². The fraction of sp³-hybridized carbons (Fsp3) is 0.375. The molecule has 0 radical (unpaired) electrons. The average molecular weight is 364 g/mol. The Kier molecular flexibility index (Phi) is 4.31. The van der Waals surface area contributed by atoms with Gasteiger partial charge in [0.05, 0.1) is 0 Å². The van der Waals surface area contributed by atoms with E-state index in [2.05, 4.69) is 26.2 Å². The number of benzene rings is 1. The van der Waals surface area contributed by atoms with Crippen LogP contribution in [0.5, 0.6) is 0 Å². The molecule has 0 aliphatic carbocycles. The van der Waals surface area contributed by atoms with E-state index >= 15 is 0 Å². The summed E-state index contributed by atoms with van der Waals surface area (Å²) in [5, 5.41) is 3.80. The van der Waals surface area contributed by atoms with Gasteiger partial charge in [0.2, 0.25) is 0 Å². The standard InChI is InChI=1S/C16H18BrN3O2/c1-18-11-3-2-6-20(9-11)16(22)14-8-15(21)12-7-10(17)4-5-13(12)19-14/h4-5,7-8,11,18H,2-3,6,9H2,1H3,(H,19,21). The van der Waals surface area contributed by atoms with Crippen LogP contribution in [-0.2, 0) is 0 Å². The zero-order chi connectivity index (χ0) is 15.7. The van der Waals surface area contributed by atoms with Crippen molar-refractivity contribution in [3.8, 4) is 0 Å². The number of pyridine rings is 1. The summed E-state index contributed by atoms with van der Waals surface area (Å²) in [6.45, 7) is 1.41. The predicted octanol–water partition coefficient (Wildman–Crippen LogP) is 2.11. The summed E-state index contributed by atoms with van der Waals surface area (Å²) in [7, 11) is 1.91. The first-order chi connectivity index (χ1) is 10.6. The van der Waals surface area contributed by atoms with Gasteiger partial charge in [0, 0.05) is 40.6 Å². The van der Waals surface area contributed by atoms with Crippen molar-refractivity contribution in [2.75, 3.05) is 20.1 Å². The number of piperidine rings is 1. The third kappa shape index (κ3) is 2.94. The Morgan fingerprint density at radius 1 is 1.41 bits per heavy atom. The first-order valence-corrected chi connectivity index (χ1v) is 8.17. The zero-order valence-electron chi connectivity index (χ0n) is 12.4. The van der Waals surface area contributed by atoms with E-state index in [1.807, 2.05) is 19.2 Å². The molecular formula is C16H18BrN3O2. The maximum Gasteiger partial charge on any atom is 0.270 e. The third-order valence-electron chi connectivity index (χ3n) is 4.14. The van der Waals surface area contributed by atoms with E-state index in [0.29, 0.717) is 29.2 Å². The van der Waals surface area contributed by atoms with Crippen molar-refractivity contribution in [3.05, 3.63) is 44.7 Å². The number of hydrogen-bond acceptors (Lipinski definition) is 3. The molecule has 2 heterocycles. The lowest BCUT2D eigenvalue weighted by atomic mass is 10.1. The quantitative estimate of drug-likeness (QED) is 0.858. The van der Waals surface area contributed by atoms with E-state index in [1.165, 1.54) is 6.07 Å². The average Bonchev–Trinajstić information content (AvgIpc) is 2.54. The lowest BCUT2D eigenvalue weighted by molar-refractivity contribution is 0.0692. The fourth-order valence-corrected chi connectivity index (χ4v) is 3.26. The molecular weight excluding hydrogens is 346 g/mol. The number of amides is 1. The van der Waals surface area contributed by atoms with Gasteiger partial charge in [-0.2, -0.15) is 0 Å². The number of likely N-dealkylation sites (tertiary alicyclic amines) is 1. The van der Waals surface area contributed by atoms with Crippen molar-refractivity contribution in [3.63, 3.8) is 0 Å². The van der Waals surface area contributed by atoms with Crippen LogP contribution in [0.3, 0.4) is 0 Å². The Morgan fingerprint density at radius 2 is 2.23 bits per heavy atom. The van der Waals surface area contributed by atoms with Crippen molar-refractivity contribution in [1.82, 2.24) is 15.2 Å². The number of carbonyl (C=O) groups is 1. The SMILES string of the molecule is CNC1CCCN(C(=O)c2cc(=O)c3cc(Br)ccc3[nH]2)C1. The van der Waals surface area contributed by atoms with E-state index in [1.54, 1.807) is 11.0 Å². The van der Waals surface area contributed by atoms with Crippen LogP contribution in [0.2, 0.25) is 0 Å². The number of halogens is 1. The first kappa shape index (κ1) is 15.2. The van der Waals surface area contributed by atoms with Gasteiger partial charge in [-0.25, -0.2) is 0 Å². The highest BCUT2D eigenvalue weighted by Gasteiger charge is 2.24. The van der Waals surface area contributed by atoms with Crippen molar-refractivity contribution < 1.29 is 4.79 Å². The molecule has 116 valence electrons. The molecule has 1 aliphatic heterocycles. The molecule has 2 aromatic rings. The maximum absolute atomic E-state index is 12.6. The second-order valence-electron chi connectivity index (χ2n) is 5.62. The van der Waals surface area contributed by atoms with Crippen LogP contribution in [0.4, 0.5) is 0 Å². The minimum atomic E-state index is -0.138. The zero-order valence-corrected chi connectivity index (χ0v) is 13.9. The Hall–Kier alpha value is -1.66. The van der Waals surface area contributed by atoms with Gasteiger partial charge in [0.15, 0.2) is 5.43 Å². The summed E-state index contributed by atoms with van der Waals surface area (Å²) in [4.78, 5) is 29.8. The van der Waals surface area contributed by atoms with Crippen LogP contribution in [0, 0.1) is 0 Å². The fourth-order valence-electron chi connectivity index (χ4n) is 2.90. The number of nitrogens with one attached hydrogen (secondary N) is 2. The molecule has 1 aromatic carbocycles. The molecule has 22 heavy (non-hydrogen) atoms. The topological polar surface area (TPSA) is 65.2 Å². The second kappa shape index (κ2) is 6.22. The summed E-state index contributed by atoms with van der Waals surface area (Å²) in [6, 6.07) is 7.15. The molecule has 1 aromatic heterocycles. The summed E-state index contributed by atoms with van der Waals surface area (Å²) < 4.78 is 0.845. The van der Waals surface area contributed by atoms with Crippen molar-refractivity contribution in [2.45, 2.75) is 18.9 Å². The largest absolute Gasteiger partial charge is 0.350 e. The molecule has 0 saturated carbocycles. The van der Waals surface area contributed by atoms with Gasteiger partial charge in [-0.15, -0.1) is 0 Å². The highest BCUT2D eigenvalue weighted by atomic mass is 79.9. The number of likely N-dealkylation sites (N-methyl/N-ethyl adjacent to an activating group) is 1. The summed E-state index contributed by atoms with van der Waals surface area (Å²) >= 11 is 3.36. The van der Waals surface area contributed by atoms with E-state index in [-0.39, 0.29) is 11.3 Å². The molecule has 1 aliphatic rings. The lowest BCUT2D eigenvalue weighted by Gasteiger charge is -2.32. The maximum atomic E-state index is 12.6. The Morgan fingerprint density at radius 3 is 3.00 bits per heavy atom. The molecule has 1 saturated heterocycles. The van der Waals surface area contributed by atoms with Crippen molar-refractivity contribution >= 4 is 32.7 Å². The minimum absolute atomic E-state index is 0.109. The third-order valence-corrected chi connectivity index (χ3v) is 4.63. The number of nitrogens with zero attached hydrogens (tertiary/aromatic N) is 1. The molecule has 1 atom stereocenters. The van der Waals surface area contributed by atoms with Crippen LogP contribution in [0.1, 0.15) is 23.3 Å². The number of fused-ring (bicyclic) bond motifs is 1. The van der Waals surface area contributed by atoms with Crippen LogP contribution >= 0.6 is 15.9 Å². The van der Waals surface area contributed by atoms with E-state index < -0.39 is 0 Å². The first-order valence-electron chi connectivity index (χ1n) is 7.37. The number of carbonyl (C=O) groups excluding carboxylic acids is 1. The van der Waals surface area contributed by atoms with Crippen LogP contribution in [0.25, 0.3) is 10.9 Å². The van der Waals surface area contributed by atoms with Gasteiger partial charge in [0.1, 0.15) is 5.69 Å². The highest BCUT2D eigenvalue weighted by Crippen LogP contribution is 2.17. The number of H-pyrrole nitrogens is 1. The molecule has 1 unspecified atom stereocenters. The number of rotatable bonds is 2. The Labute approximate surface area is 136 Å². The highest BCUT2D eigenvalue weighted by molar-refractivity contribution is 9.10. The van der Waals surface area contributed by atoms with Gasteiger partial charge in [-0.05, 0) is 38.1 Å². The van der Waals surface area contributed by atoms with Gasteiger partial charge >= 0.3 is 0 Å². The molecule has 0 spiro atoms. The van der Waals surface area contributed by atoms with Gasteiger partial charge in [-0.3, -0.25) is 9.59 Å². The summed E-state index contributed by atoms with van der Waals surface area (Å²) in [5.74, 6) is -0.109. The van der Waals surface area contributed by atoms with E-state index in [0.717, 1.165) is 23.9 Å². The number of hydrogen-bond donors (Lipinski definition) is 2. The van der Waals surface area contributed by atoms with Gasteiger partial charge in [-0.1, -0.05) is 15.9 Å². The summed E-state index contributed by atoms with van der Waals surface area (Å²) in [5.41, 5.74) is 0.901. The minimum Gasteiger partial charge on any atom is -0.350 e. The second-order valence-corrected chi connectivity index (χ2v) is 6.53. The monoisotopic (exact) mass is 363 g/mol. The molecule has 6 heteroatoms. The smallest absolute Gasteiger partial charge is 0.270 e. The molecule has 1 fully saturated rings. The molecule has 2 N–H and O–H groups in total. The van der Waals surface area contributed by atoms with E-state index in [9.17, 15) is 9.59 Å². The van der Waals surface area contributed by atoms with Crippen LogP contribution < -0.4 is 10.7 Å². The normalized spacial score (nSPS) is 18.6. The molecule has 3 rings (SSSR count). The number of aromatic amines is 1.